The normalized spacial score (nSPS) is 23.2. The Hall–Kier alpha value is -1.25. The maximum atomic E-state index is 11.3. The largest absolute Gasteiger partial charge is 0.272 e. The van der Waals surface area contributed by atoms with Gasteiger partial charge in [0.2, 0.25) is 0 Å². The van der Waals surface area contributed by atoms with Crippen molar-refractivity contribution in [1.29, 1.82) is 0 Å². The van der Waals surface area contributed by atoms with E-state index in [1.54, 1.807) is 13.0 Å². The fourth-order valence-corrected chi connectivity index (χ4v) is 1.21. The van der Waals surface area contributed by atoms with Gasteiger partial charge in [-0.05, 0) is 20.3 Å². The van der Waals surface area contributed by atoms with Crippen LogP contribution in [0.5, 0.6) is 0 Å². The van der Waals surface area contributed by atoms with E-state index in [0.717, 1.165) is 5.71 Å². The Morgan fingerprint density at radius 2 is 2.17 bits per heavy atom. The molecule has 1 aliphatic heterocycles. The number of nitrogens with zero attached hydrogens (tertiary/aromatic N) is 2. The highest BCUT2D eigenvalue weighted by molar-refractivity contribution is 6.14. The highest BCUT2D eigenvalue weighted by atomic mass is 16.1. The van der Waals surface area contributed by atoms with Gasteiger partial charge in [-0.15, -0.1) is 6.58 Å². The molecule has 3 heteroatoms. The molecule has 0 aromatic heterocycles. The summed E-state index contributed by atoms with van der Waals surface area (Å²) in [5, 5.41) is 0. The highest BCUT2D eigenvalue weighted by Gasteiger charge is 2.22. The second-order valence-corrected chi connectivity index (χ2v) is 2.83. The zero-order valence-corrected chi connectivity index (χ0v) is 7.37. The van der Waals surface area contributed by atoms with E-state index in [2.05, 4.69) is 16.6 Å². The van der Waals surface area contributed by atoms with Crippen molar-refractivity contribution in [3.8, 4) is 0 Å². The molecule has 1 rings (SSSR count). The van der Waals surface area contributed by atoms with Gasteiger partial charge >= 0.3 is 0 Å². The molecule has 0 saturated carbocycles. The van der Waals surface area contributed by atoms with E-state index in [9.17, 15) is 4.79 Å². The van der Waals surface area contributed by atoms with Gasteiger partial charge < -0.3 is 0 Å². The molecule has 1 heterocycles. The number of amides is 1. The smallest absolute Gasteiger partial charge is 0.256 e. The fraction of sp³-hybridized carbons (Fsp3) is 0.444. The maximum Gasteiger partial charge on any atom is 0.256 e. The minimum Gasteiger partial charge on any atom is -0.272 e. The van der Waals surface area contributed by atoms with E-state index in [1.165, 1.54) is 0 Å². The van der Waals surface area contributed by atoms with Crippen molar-refractivity contribution in [2.45, 2.75) is 20.3 Å². The average molecular weight is 164 g/mol. The number of carbonyl (C=O) groups is 1. The summed E-state index contributed by atoms with van der Waals surface area (Å²) >= 11 is 0. The van der Waals surface area contributed by atoms with Crippen molar-refractivity contribution >= 4 is 17.5 Å². The molecule has 0 aliphatic carbocycles. The molecule has 3 nitrogen and oxygen atoms in total. The summed E-state index contributed by atoms with van der Waals surface area (Å²) in [4.78, 5) is 19.2. The van der Waals surface area contributed by atoms with E-state index in [-0.39, 0.29) is 11.8 Å². The minimum atomic E-state index is -0.175. The lowest BCUT2D eigenvalue weighted by molar-refractivity contribution is -0.119. The third-order valence-corrected chi connectivity index (χ3v) is 1.81. The Morgan fingerprint density at radius 3 is 2.67 bits per heavy atom. The predicted octanol–water partition coefficient (Wildman–Crippen LogP) is 1.60. The van der Waals surface area contributed by atoms with Gasteiger partial charge in [-0.2, -0.15) is 4.99 Å². The molecule has 0 fully saturated rings. The van der Waals surface area contributed by atoms with Crippen LogP contribution in [0.15, 0.2) is 22.6 Å². The van der Waals surface area contributed by atoms with Crippen LogP contribution in [0.3, 0.4) is 0 Å². The van der Waals surface area contributed by atoms with Gasteiger partial charge in [-0.1, -0.05) is 6.08 Å². The van der Waals surface area contributed by atoms with Crippen LogP contribution in [0, 0.1) is 5.92 Å². The molecule has 0 bridgehead atoms. The van der Waals surface area contributed by atoms with Crippen molar-refractivity contribution in [3.05, 3.63) is 12.7 Å². The fourth-order valence-electron chi connectivity index (χ4n) is 1.21. The molecule has 1 atom stereocenters. The lowest BCUT2D eigenvalue weighted by Crippen LogP contribution is -2.25. The van der Waals surface area contributed by atoms with E-state index in [4.69, 9.17) is 0 Å². The van der Waals surface area contributed by atoms with Crippen LogP contribution >= 0.6 is 0 Å². The second-order valence-electron chi connectivity index (χ2n) is 2.83. The number of carbonyl (C=O) groups excluding carboxylic acids is 1. The summed E-state index contributed by atoms with van der Waals surface area (Å²) in [6.45, 7) is 7.17. The van der Waals surface area contributed by atoms with Crippen LogP contribution in [0.2, 0.25) is 0 Å². The quantitative estimate of drug-likeness (QED) is 0.571. The summed E-state index contributed by atoms with van der Waals surface area (Å²) in [5.41, 5.74) is 0.840. The van der Waals surface area contributed by atoms with Gasteiger partial charge in [0, 0.05) is 5.71 Å². The zero-order valence-electron chi connectivity index (χ0n) is 7.37. The zero-order chi connectivity index (χ0) is 9.14. The van der Waals surface area contributed by atoms with Gasteiger partial charge in [0.15, 0.2) is 0 Å². The van der Waals surface area contributed by atoms with Crippen LogP contribution in [-0.4, -0.2) is 17.5 Å². The van der Waals surface area contributed by atoms with Crippen molar-refractivity contribution in [2.75, 3.05) is 0 Å². The van der Waals surface area contributed by atoms with Crippen LogP contribution < -0.4 is 0 Å². The first kappa shape index (κ1) is 8.84. The average Bonchev–Trinajstić information content (AvgIpc) is 1.96. The van der Waals surface area contributed by atoms with Crippen molar-refractivity contribution in [1.82, 2.24) is 0 Å². The molecular weight excluding hydrogens is 152 g/mol. The SMILES string of the molecule is C=CCC1C(=O)N=C(C)N=C1C. The number of amidine groups is 1. The van der Waals surface area contributed by atoms with Crippen LogP contribution in [0.1, 0.15) is 20.3 Å². The summed E-state index contributed by atoms with van der Waals surface area (Å²) < 4.78 is 0. The summed E-state index contributed by atoms with van der Waals surface area (Å²) in [5.74, 6) is 0.281. The molecule has 0 aromatic rings. The van der Waals surface area contributed by atoms with Gasteiger partial charge in [0.1, 0.15) is 5.84 Å². The standard InChI is InChI=1S/C9H12N2O/c1-4-5-8-6(2)10-7(3)11-9(8)12/h4,8H,1,5H2,2-3H3. The third kappa shape index (κ3) is 1.67. The minimum absolute atomic E-state index is 0.0973. The van der Waals surface area contributed by atoms with E-state index >= 15 is 0 Å². The number of rotatable bonds is 2. The van der Waals surface area contributed by atoms with Gasteiger partial charge in [-0.25, -0.2) is 4.99 Å². The van der Waals surface area contributed by atoms with E-state index in [0.29, 0.717) is 12.3 Å². The summed E-state index contributed by atoms with van der Waals surface area (Å²) in [6.07, 6.45) is 2.35. The topological polar surface area (TPSA) is 41.8 Å². The lowest BCUT2D eigenvalue weighted by atomic mass is 9.98. The molecule has 0 N–H and O–H groups in total. The molecule has 0 spiro atoms. The molecule has 1 amide bonds. The van der Waals surface area contributed by atoms with Crippen molar-refractivity contribution in [3.63, 3.8) is 0 Å². The summed E-state index contributed by atoms with van der Waals surface area (Å²) in [7, 11) is 0. The maximum absolute atomic E-state index is 11.3. The first-order valence-electron chi connectivity index (χ1n) is 3.90. The number of allylic oxidation sites excluding steroid dienone is 1. The summed E-state index contributed by atoms with van der Waals surface area (Å²) in [6, 6.07) is 0. The Labute approximate surface area is 71.9 Å². The molecular formula is C9H12N2O. The predicted molar refractivity (Wildman–Crippen MR) is 49.5 cm³/mol. The van der Waals surface area contributed by atoms with Gasteiger partial charge in [-0.3, -0.25) is 4.79 Å². The van der Waals surface area contributed by atoms with Crippen molar-refractivity contribution < 1.29 is 4.79 Å². The molecule has 0 radical (unpaired) electrons. The molecule has 1 aliphatic rings. The molecule has 0 saturated heterocycles. The molecule has 12 heavy (non-hydrogen) atoms. The van der Waals surface area contributed by atoms with E-state index in [1.807, 2.05) is 6.92 Å². The number of aliphatic imine (C=N–C) groups is 2. The highest BCUT2D eigenvalue weighted by Crippen LogP contribution is 2.13. The number of hydrogen-bond donors (Lipinski definition) is 0. The molecule has 64 valence electrons. The Balaban J connectivity index is 2.86. The lowest BCUT2D eigenvalue weighted by Gasteiger charge is -2.14. The van der Waals surface area contributed by atoms with Crippen molar-refractivity contribution in [2.24, 2.45) is 15.9 Å². The Kier molecular flexibility index (Phi) is 2.53. The van der Waals surface area contributed by atoms with Gasteiger partial charge in [0.25, 0.3) is 5.91 Å². The van der Waals surface area contributed by atoms with Gasteiger partial charge in [0.05, 0.1) is 5.92 Å². The Bertz CT molecular complexity index is 276. The molecule has 1 unspecified atom stereocenters. The first-order valence-corrected chi connectivity index (χ1v) is 3.90. The van der Waals surface area contributed by atoms with Crippen LogP contribution in [0.4, 0.5) is 0 Å². The first-order chi connectivity index (χ1) is 5.65. The third-order valence-electron chi connectivity index (χ3n) is 1.81. The number of hydrogen-bond acceptors (Lipinski definition) is 2. The monoisotopic (exact) mass is 164 g/mol. The van der Waals surface area contributed by atoms with Crippen LogP contribution in [-0.2, 0) is 4.79 Å². The van der Waals surface area contributed by atoms with E-state index < -0.39 is 0 Å². The Morgan fingerprint density at radius 1 is 1.50 bits per heavy atom. The van der Waals surface area contributed by atoms with Crippen LogP contribution in [0.25, 0.3) is 0 Å². The molecule has 0 aromatic carbocycles. The second kappa shape index (κ2) is 3.43.